The molecule has 0 spiro atoms. The maximum Gasteiger partial charge on any atom is 0.324 e. The number of carboxylic acid groups (broad SMARTS) is 1. The molecule has 4 nitrogen and oxygen atoms in total. The van der Waals surface area contributed by atoms with Crippen molar-refractivity contribution in [1.29, 1.82) is 0 Å². The molecule has 0 unspecified atom stereocenters. The van der Waals surface area contributed by atoms with Gasteiger partial charge in [0.2, 0.25) is 0 Å². The van der Waals surface area contributed by atoms with E-state index in [0.717, 1.165) is 16.3 Å². The number of alkyl halides is 4. The Balaban J connectivity index is 2.96. The monoisotopic (exact) mass is 300 g/mol. The fraction of sp³-hybridized carbons (Fsp3) is 0.600. The number of nitrogens with zero attached hydrogens (tertiary/aromatic N) is 2. The Morgan fingerprint density at radius 2 is 2.21 bits per heavy atom. The zero-order valence-corrected chi connectivity index (χ0v) is 10.8. The number of imidazole rings is 1. The summed E-state index contributed by atoms with van der Waals surface area (Å²) in [6.45, 7) is 0.454. The Morgan fingerprint density at radius 1 is 1.58 bits per heavy atom. The number of carboxylic acids is 1. The van der Waals surface area contributed by atoms with Crippen molar-refractivity contribution in [1.82, 2.24) is 9.55 Å². The lowest BCUT2D eigenvalue weighted by Crippen LogP contribution is -2.33. The first-order valence-electron chi connectivity index (χ1n) is 5.33. The van der Waals surface area contributed by atoms with Crippen LogP contribution in [0.25, 0.3) is 0 Å². The van der Waals surface area contributed by atoms with Gasteiger partial charge in [0.05, 0.1) is 12.3 Å². The van der Waals surface area contributed by atoms with Crippen molar-refractivity contribution in [3.05, 3.63) is 11.9 Å². The summed E-state index contributed by atoms with van der Waals surface area (Å²) in [4.78, 5) is 14.2. The van der Waals surface area contributed by atoms with Gasteiger partial charge in [0.1, 0.15) is 0 Å². The Hall–Kier alpha value is -1.25. The highest BCUT2D eigenvalue weighted by Crippen LogP contribution is 2.28. The summed E-state index contributed by atoms with van der Waals surface area (Å²) in [5.74, 6) is -5.69. The van der Waals surface area contributed by atoms with Gasteiger partial charge in [-0.2, -0.15) is 8.78 Å². The second-order valence-electron chi connectivity index (χ2n) is 3.72. The lowest BCUT2D eigenvalue weighted by Gasteiger charge is -2.18. The summed E-state index contributed by atoms with van der Waals surface area (Å²) < 4.78 is 51.5. The molecule has 0 aliphatic rings. The van der Waals surface area contributed by atoms with Crippen LogP contribution in [0.4, 0.5) is 17.6 Å². The summed E-state index contributed by atoms with van der Waals surface area (Å²) in [6, 6.07) is 0. The molecular formula is C10H12F4N2O2S. The largest absolute Gasteiger partial charge is 0.481 e. The average molecular weight is 300 g/mol. The van der Waals surface area contributed by atoms with Gasteiger partial charge in [-0.05, 0) is 6.42 Å². The number of hydrogen-bond donors (Lipinski definition) is 1. The van der Waals surface area contributed by atoms with E-state index in [0.29, 0.717) is 12.1 Å². The molecule has 0 saturated carbocycles. The molecule has 1 aromatic heterocycles. The van der Waals surface area contributed by atoms with E-state index in [-0.39, 0.29) is 10.9 Å². The lowest BCUT2D eigenvalue weighted by molar-refractivity contribution is -0.139. The van der Waals surface area contributed by atoms with E-state index in [9.17, 15) is 22.4 Å². The summed E-state index contributed by atoms with van der Waals surface area (Å²) in [6.07, 6.45) is -2.16. The number of aryl methyl sites for hydroxylation is 1. The summed E-state index contributed by atoms with van der Waals surface area (Å²) in [5, 5.41) is 8.52. The van der Waals surface area contributed by atoms with E-state index >= 15 is 0 Å². The molecule has 0 amide bonds. The first-order valence-corrected chi connectivity index (χ1v) is 6.31. The normalized spacial score (nSPS) is 12.1. The smallest absolute Gasteiger partial charge is 0.324 e. The maximum absolute atomic E-state index is 13.1. The zero-order valence-electron chi connectivity index (χ0n) is 9.95. The van der Waals surface area contributed by atoms with Crippen molar-refractivity contribution in [2.45, 2.75) is 37.4 Å². The van der Waals surface area contributed by atoms with Gasteiger partial charge in [0, 0.05) is 11.9 Å². The fourth-order valence-corrected chi connectivity index (χ4v) is 2.08. The molecule has 1 aromatic rings. The van der Waals surface area contributed by atoms with Gasteiger partial charge in [-0.25, -0.2) is 13.8 Å². The van der Waals surface area contributed by atoms with Gasteiger partial charge >= 0.3 is 18.3 Å². The summed E-state index contributed by atoms with van der Waals surface area (Å²) in [5.41, 5.74) is 0.355. The molecule has 1 rings (SSSR count). The zero-order chi connectivity index (χ0) is 14.6. The molecular weight excluding hydrogens is 288 g/mol. The average Bonchev–Trinajstić information content (AvgIpc) is 2.67. The van der Waals surface area contributed by atoms with Crippen LogP contribution in [0.3, 0.4) is 0 Å². The minimum atomic E-state index is -4.18. The van der Waals surface area contributed by atoms with Crippen molar-refractivity contribution in [3.8, 4) is 0 Å². The van der Waals surface area contributed by atoms with Crippen molar-refractivity contribution >= 4 is 17.7 Å². The van der Waals surface area contributed by atoms with Crippen LogP contribution in [0.1, 0.15) is 12.6 Å². The third-order valence-electron chi connectivity index (χ3n) is 2.28. The van der Waals surface area contributed by atoms with Gasteiger partial charge in [-0.1, -0.05) is 18.7 Å². The molecule has 0 aliphatic carbocycles. The highest BCUT2D eigenvalue weighted by atomic mass is 32.2. The van der Waals surface area contributed by atoms with E-state index < -0.39 is 24.9 Å². The first kappa shape index (κ1) is 15.8. The SMILES string of the molecule is CCc1cnc(SCC(=O)O)n1CC(F)(F)C(F)F. The molecule has 9 heteroatoms. The van der Waals surface area contributed by atoms with Crippen LogP contribution in [-0.4, -0.2) is 38.7 Å². The van der Waals surface area contributed by atoms with Crippen molar-refractivity contribution in [2.24, 2.45) is 0 Å². The number of aromatic nitrogens is 2. The minimum Gasteiger partial charge on any atom is -0.481 e. The van der Waals surface area contributed by atoms with Crippen LogP contribution in [0.5, 0.6) is 0 Å². The summed E-state index contributed by atoms with van der Waals surface area (Å²) >= 11 is 0.718. The van der Waals surface area contributed by atoms with Gasteiger partial charge in [-0.3, -0.25) is 4.79 Å². The molecule has 1 heterocycles. The van der Waals surface area contributed by atoms with Crippen LogP contribution in [0.2, 0.25) is 0 Å². The molecule has 0 radical (unpaired) electrons. The fourth-order valence-electron chi connectivity index (χ4n) is 1.36. The highest BCUT2D eigenvalue weighted by molar-refractivity contribution is 7.99. The van der Waals surface area contributed by atoms with Gasteiger partial charge in [0.25, 0.3) is 0 Å². The van der Waals surface area contributed by atoms with Crippen molar-refractivity contribution in [3.63, 3.8) is 0 Å². The van der Waals surface area contributed by atoms with E-state index in [1.807, 2.05) is 0 Å². The molecule has 0 atom stereocenters. The quantitative estimate of drug-likeness (QED) is 0.621. The Morgan fingerprint density at radius 3 is 2.68 bits per heavy atom. The number of hydrogen-bond acceptors (Lipinski definition) is 3. The van der Waals surface area contributed by atoms with Crippen LogP contribution in [-0.2, 0) is 17.8 Å². The molecule has 0 aliphatic heterocycles. The van der Waals surface area contributed by atoms with Gasteiger partial charge < -0.3 is 9.67 Å². The molecule has 0 bridgehead atoms. The molecule has 0 saturated heterocycles. The van der Waals surface area contributed by atoms with Gasteiger partial charge in [0.15, 0.2) is 5.16 Å². The Labute approximate surface area is 110 Å². The van der Waals surface area contributed by atoms with Crippen molar-refractivity contribution < 1.29 is 27.5 Å². The maximum atomic E-state index is 13.1. The van der Waals surface area contributed by atoms with Gasteiger partial charge in [-0.15, -0.1) is 0 Å². The third kappa shape index (κ3) is 4.12. The van der Waals surface area contributed by atoms with Crippen LogP contribution in [0.15, 0.2) is 11.4 Å². The topological polar surface area (TPSA) is 55.1 Å². The lowest BCUT2D eigenvalue weighted by atomic mass is 10.3. The standard InChI is InChI=1S/C10H12F4N2O2S/c1-2-6-3-15-9(19-4-7(17)18)16(6)5-10(13,14)8(11)12/h3,8H,2,4-5H2,1H3,(H,17,18). The van der Waals surface area contributed by atoms with E-state index in [1.165, 1.54) is 6.20 Å². The van der Waals surface area contributed by atoms with Crippen LogP contribution >= 0.6 is 11.8 Å². The van der Waals surface area contributed by atoms with E-state index in [4.69, 9.17) is 5.11 Å². The number of halogens is 4. The van der Waals surface area contributed by atoms with Crippen LogP contribution in [0, 0.1) is 0 Å². The second-order valence-corrected chi connectivity index (χ2v) is 4.66. The number of aliphatic carboxylic acids is 1. The Bertz CT molecular complexity index is 451. The number of rotatable bonds is 7. The molecule has 108 valence electrons. The second kappa shape index (κ2) is 6.27. The third-order valence-corrected chi connectivity index (χ3v) is 3.25. The summed E-state index contributed by atoms with van der Waals surface area (Å²) in [7, 11) is 0. The molecule has 1 N–H and O–H groups in total. The Kier molecular flexibility index (Phi) is 5.21. The predicted molar refractivity (Wildman–Crippen MR) is 60.9 cm³/mol. The molecule has 0 aromatic carbocycles. The minimum absolute atomic E-state index is 0.000394. The van der Waals surface area contributed by atoms with E-state index in [1.54, 1.807) is 6.92 Å². The molecule has 19 heavy (non-hydrogen) atoms. The number of carbonyl (C=O) groups is 1. The molecule has 0 fully saturated rings. The first-order chi connectivity index (χ1) is 8.77. The predicted octanol–water partition coefficient (Wildman–Crippen LogP) is 2.52. The number of thioether (sulfide) groups is 1. The van der Waals surface area contributed by atoms with Crippen LogP contribution < -0.4 is 0 Å². The van der Waals surface area contributed by atoms with E-state index in [2.05, 4.69) is 4.98 Å². The van der Waals surface area contributed by atoms with Crippen molar-refractivity contribution in [2.75, 3.05) is 5.75 Å². The highest BCUT2D eigenvalue weighted by Gasteiger charge is 2.42.